The van der Waals surface area contributed by atoms with Gasteiger partial charge in [-0.3, -0.25) is 9.69 Å². The molecule has 2 fully saturated rings. The van der Waals surface area contributed by atoms with E-state index in [1.54, 1.807) is 9.80 Å². The zero-order valence-electron chi connectivity index (χ0n) is 12.5. The number of ether oxygens (including phenoxy) is 1. The van der Waals surface area contributed by atoms with Gasteiger partial charge >= 0.3 is 12.3 Å². The van der Waals surface area contributed by atoms with Crippen LogP contribution in [0, 0.1) is 0 Å². The van der Waals surface area contributed by atoms with Crippen molar-refractivity contribution in [2.24, 2.45) is 0 Å². The Kier molecular flexibility index (Phi) is 4.47. The third-order valence-electron chi connectivity index (χ3n) is 3.73. The molecule has 2 aliphatic heterocycles. The Labute approximate surface area is 138 Å². The first-order chi connectivity index (χ1) is 11.3. The van der Waals surface area contributed by atoms with Crippen LogP contribution in [0.15, 0.2) is 0 Å². The maximum Gasteiger partial charge on any atom is 0.445 e. The van der Waals surface area contributed by atoms with Gasteiger partial charge in [0.25, 0.3) is 0 Å². The van der Waals surface area contributed by atoms with Gasteiger partial charge in [-0.15, -0.1) is 10.2 Å². The van der Waals surface area contributed by atoms with Gasteiger partial charge in [-0.05, 0) is 0 Å². The molecule has 12 heteroatoms. The van der Waals surface area contributed by atoms with Gasteiger partial charge in [0, 0.05) is 26.2 Å². The molecule has 1 aromatic rings. The number of hydrogen-bond acceptors (Lipinski definition) is 7. The SMILES string of the molecule is O=C(CN1CCOC1=O)N1CCN(c2nnc(C(F)(F)F)s2)CC1. The molecule has 0 atom stereocenters. The van der Waals surface area contributed by atoms with Crippen molar-refractivity contribution in [2.45, 2.75) is 6.18 Å². The Hall–Kier alpha value is -2.11. The second kappa shape index (κ2) is 6.42. The van der Waals surface area contributed by atoms with E-state index in [1.807, 2.05) is 0 Å². The number of halogens is 3. The van der Waals surface area contributed by atoms with E-state index in [1.165, 1.54) is 4.90 Å². The van der Waals surface area contributed by atoms with Crippen molar-refractivity contribution in [3.8, 4) is 0 Å². The summed E-state index contributed by atoms with van der Waals surface area (Å²) in [6.07, 6.45) is -5.01. The Morgan fingerprint density at radius 2 is 1.88 bits per heavy atom. The quantitative estimate of drug-likeness (QED) is 0.783. The summed E-state index contributed by atoms with van der Waals surface area (Å²) < 4.78 is 42.4. The van der Waals surface area contributed by atoms with Crippen molar-refractivity contribution < 1.29 is 27.5 Å². The number of carbonyl (C=O) groups is 2. The second-order valence-electron chi connectivity index (χ2n) is 5.29. The van der Waals surface area contributed by atoms with E-state index >= 15 is 0 Å². The van der Waals surface area contributed by atoms with Crippen molar-refractivity contribution in [1.82, 2.24) is 20.0 Å². The van der Waals surface area contributed by atoms with Crippen LogP contribution in [0.25, 0.3) is 0 Å². The van der Waals surface area contributed by atoms with Crippen LogP contribution in [0.2, 0.25) is 0 Å². The normalized spacial score (nSPS) is 19.0. The standard InChI is InChI=1S/C12H14F3N5O3S/c13-12(14,15)9-16-17-10(24-9)19-3-1-18(2-4-19)8(21)7-20-5-6-23-11(20)22/h1-7H2. The molecule has 8 nitrogen and oxygen atoms in total. The molecule has 0 bridgehead atoms. The van der Waals surface area contributed by atoms with Crippen LogP contribution < -0.4 is 4.90 Å². The van der Waals surface area contributed by atoms with Gasteiger partial charge in [-0.2, -0.15) is 13.2 Å². The average molecular weight is 365 g/mol. The highest BCUT2D eigenvalue weighted by Crippen LogP contribution is 2.34. The van der Waals surface area contributed by atoms with Crippen LogP contribution in [0.4, 0.5) is 23.1 Å². The largest absolute Gasteiger partial charge is 0.448 e. The molecule has 2 amide bonds. The molecule has 3 heterocycles. The first-order valence-electron chi connectivity index (χ1n) is 7.20. The number of hydrogen-bond donors (Lipinski definition) is 0. The number of anilines is 1. The van der Waals surface area contributed by atoms with Crippen molar-refractivity contribution >= 4 is 28.5 Å². The fraction of sp³-hybridized carbons (Fsp3) is 0.667. The van der Waals surface area contributed by atoms with Gasteiger partial charge in [0.1, 0.15) is 13.2 Å². The van der Waals surface area contributed by atoms with Crippen molar-refractivity contribution in [1.29, 1.82) is 0 Å². The topological polar surface area (TPSA) is 78.9 Å². The summed E-state index contributed by atoms with van der Waals surface area (Å²) in [5, 5.41) is 5.94. The lowest BCUT2D eigenvalue weighted by molar-refractivity contribution is -0.138. The molecule has 3 rings (SSSR count). The van der Waals surface area contributed by atoms with E-state index < -0.39 is 17.3 Å². The van der Waals surface area contributed by atoms with Crippen molar-refractivity contribution in [3.05, 3.63) is 5.01 Å². The van der Waals surface area contributed by atoms with E-state index in [-0.39, 0.29) is 24.2 Å². The highest BCUT2D eigenvalue weighted by molar-refractivity contribution is 7.15. The number of alkyl halides is 3. The van der Waals surface area contributed by atoms with Crippen molar-refractivity contribution in [3.63, 3.8) is 0 Å². The molecule has 0 aliphatic carbocycles. The van der Waals surface area contributed by atoms with Crippen LogP contribution in [-0.4, -0.2) is 77.9 Å². The molecule has 2 aliphatic rings. The first kappa shape index (κ1) is 16.7. The summed E-state index contributed by atoms with van der Waals surface area (Å²) in [5.41, 5.74) is 0. The predicted molar refractivity (Wildman–Crippen MR) is 76.6 cm³/mol. The van der Waals surface area contributed by atoms with Crippen LogP contribution in [0.1, 0.15) is 5.01 Å². The minimum Gasteiger partial charge on any atom is -0.448 e. The summed E-state index contributed by atoms with van der Waals surface area (Å²) in [4.78, 5) is 28.1. The predicted octanol–water partition coefficient (Wildman–Crippen LogP) is 0.658. The molecule has 2 saturated heterocycles. The average Bonchev–Trinajstić information content (AvgIpc) is 3.17. The van der Waals surface area contributed by atoms with Gasteiger partial charge in [0.15, 0.2) is 0 Å². The number of cyclic esters (lactones) is 1. The Bertz CT molecular complexity index is 630. The van der Waals surface area contributed by atoms with E-state index in [4.69, 9.17) is 4.74 Å². The Morgan fingerprint density at radius 1 is 1.17 bits per heavy atom. The number of rotatable bonds is 3. The van der Waals surface area contributed by atoms with Crippen LogP contribution >= 0.6 is 11.3 Å². The third kappa shape index (κ3) is 3.52. The fourth-order valence-corrected chi connectivity index (χ4v) is 3.20. The number of aromatic nitrogens is 2. The molecule has 132 valence electrons. The molecule has 1 aromatic heterocycles. The highest BCUT2D eigenvalue weighted by Gasteiger charge is 2.36. The molecule has 0 radical (unpaired) electrons. The summed E-state index contributed by atoms with van der Waals surface area (Å²) in [7, 11) is 0. The molecular formula is C12H14F3N5O3S. The lowest BCUT2D eigenvalue weighted by Crippen LogP contribution is -2.51. The first-order valence-corrected chi connectivity index (χ1v) is 8.01. The van der Waals surface area contributed by atoms with E-state index in [2.05, 4.69) is 10.2 Å². The number of nitrogens with zero attached hydrogens (tertiary/aromatic N) is 5. The zero-order valence-corrected chi connectivity index (χ0v) is 13.3. The molecule has 0 N–H and O–H groups in total. The summed E-state index contributed by atoms with van der Waals surface area (Å²) in [6.45, 7) is 2.04. The molecule has 0 aromatic carbocycles. The summed E-state index contributed by atoms with van der Waals surface area (Å²) >= 11 is 0.488. The lowest BCUT2D eigenvalue weighted by atomic mass is 10.3. The smallest absolute Gasteiger partial charge is 0.445 e. The number of piperazine rings is 1. The maximum absolute atomic E-state index is 12.6. The Balaban J connectivity index is 1.53. The maximum atomic E-state index is 12.6. The minimum atomic E-state index is -4.50. The zero-order chi connectivity index (χ0) is 17.3. The van der Waals surface area contributed by atoms with Gasteiger partial charge in [0.05, 0.1) is 6.54 Å². The van der Waals surface area contributed by atoms with Gasteiger partial charge in [-0.1, -0.05) is 11.3 Å². The van der Waals surface area contributed by atoms with Crippen LogP contribution in [-0.2, 0) is 15.7 Å². The van der Waals surface area contributed by atoms with Crippen LogP contribution in [0.5, 0.6) is 0 Å². The lowest BCUT2D eigenvalue weighted by Gasteiger charge is -2.34. The summed E-state index contributed by atoms with van der Waals surface area (Å²) in [5.74, 6) is -0.207. The monoisotopic (exact) mass is 365 g/mol. The van der Waals surface area contributed by atoms with E-state index in [0.717, 1.165) is 0 Å². The van der Waals surface area contributed by atoms with E-state index in [9.17, 15) is 22.8 Å². The number of carbonyl (C=O) groups excluding carboxylic acids is 2. The third-order valence-corrected chi connectivity index (χ3v) is 4.76. The van der Waals surface area contributed by atoms with Gasteiger partial charge < -0.3 is 14.5 Å². The van der Waals surface area contributed by atoms with Crippen LogP contribution in [0.3, 0.4) is 0 Å². The fourth-order valence-electron chi connectivity index (χ4n) is 2.44. The molecule has 0 unspecified atom stereocenters. The molecular weight excluding hydrogens is 351 g/mol. The van der Waals surface area contributed by atoms with Crippen molar-refractivity contribution in [2.75, 3.05) is 50.8 Å². The minimum absolute atomic E-state index is 0.0458. The van der Waals surface area contributed by atoms with Gasteiger partial charge in [0.2, 0.25) is 16.0 Å². The highest BCUT2D eigenvalue weighted by atomic mass is 32.1. The molecule has 24 heavy (non-hydrogen) atoms. The molecule has 0 spiro atoms. The number of amides is 2. The summed E-state index contributed by atoms with van der Waals surface area (Å²) in [6, 6.07) is 0. The Morgan fingerprint density at radius 3 is 2.42 bits per heavy atom. The molecule has 0 saturated carbocycles. The van der Waals surface area contributed by atoms with Gasteiger partial charge in [-0.25, -0.2) is 4.79 Å². The van der Waals surface area contributed by atoms with E-state index in [0.29, 0.717) is 44.1 Å². The second-order valence-corrected chi connectivity index (χ2v) is 6.25.